The number of rotatable bonds is 7. The SMILES string of the molecule is CCOC(=O)c1sc(C(C)NC(=NC)NCCc2ccc(C)cc2)nc1C.I. The third kappa shape index (κ3) is 7.05. The lowest BCUT2D eigenvalue weighted by Gasteiger charge is -2.16. The van der Waals surface area contributed by atoms with Crippen LogP contribution >= 0.6 is 35.3 Å². The second kappa shape index (κ2) is 12.0. The summed E-state index contributed by atoms with van der Waals surface area (Å²) in [6.45, 7) is 8.85. The summed E-state index contributed by atoms with van der Waals surface area (Å²) in [5, 5.41) is 7.48. The van der Waals surface area contributed by atoms with Gasteiger partial charge in [-0.1, -0.05) is 29.8 Å². The van der Waals surface area contributed by atoms with Crippen molar-refractivity contribution in [3.8, 4) is 0 Å². The standard InChI is InChI=1S/C20H28N4O2S.HI/c1-6-26-19(25)17-14(3)23-18(27-17)15(4)24-20(21-5)22-12-11-16-9-7-13(2)8-10-16;/h7-10,15H,6,11-12H2,1-5H3,(H2,21,22,24);1H. The number of hydrogen-bond acceptors (Lipinski definition) is 5. The highest BCUT2D eigenvalue weighted by atomic mass is 127. The van der Waals surface area contributed by atoms with E-state index in [0.717, 1.165) is 18.0 Å². The lowest BCUT2D eigenvalue weighted by molar-refractivity contribution is 0.0531. The maximum absolute atomic E-state index is 12.0. The lowest BCUT2D eigenvalue weighted by atomic mass is 10.1. The van der Waals surface area contributed by atoms with Crippen molar-refractivity contribution in [2.45, 2.75) is 40.2 Å². The van der Waals surface area contributed by atoms with Crippen LogP contribution in [0.3, 0.4) is 0 Å². The minimum Gasteiger partial charge on any atom is -0.462 e. The molecule has 6 nitrogen and oxygen atoms in total. The Hall–Kier alpha value is -1.68. The molecule has 0 spiro atoms. The number of carbonyl (C=O) groups is 1. The molecule has 2 aromatic rings. The fourth-order valence-electron chi connectivity index (χ4n) is 2.53. The largest absolute Gasteiger partial charge is 0.462 e. The summed E-state index contributed by atoms with van der Waals surface area (Å²) >= 11 is 1.36. The van der Waals surface area contributed by atoms with E-state index in [0.29, 0.717) is 23.1 Å². The summed E-state index contributed by atoms with van der Waals surface area (Å²) in [7, 11) is 1.74. The van der Waals surface area contributed by atoms with E-state index < -0.39 is 0 Å². The number of halogens is 1. The molecule has 2 N–H and O–H groups in total. The van der Waals surface area contributed by atoms with E-state index >= 15 is 0 Å². The van der Waals surface area contributed by atoms with Crippen LogP contribution in [0.4, 0.5) is 0 Å². The van der Waals surface area contributed by atoms with E-state index in [1.165, 1.54) is 22.5 Å². The highest BCUT2D eigenvalue weighted by Crippen LogP contribution is 2.24. The van der Waals surface area contributed by atoms with Gasteiger partial charge in [-0.3, -0.25) is 4.99 Å². The summed E-state index contributed by atoms with van der Waals surface area (Å²) in [4.78, 5) is 21.3. The molecule has 0 aliphatic carbocycles. The Kier molecular flexibility index (Phi) is 10.4. The first kappa shape index (κ1) is 24.4. The van der Waals surface area contributed by atoms with Crippen LogP contribution in [0.25, 0.3) is 0 Å². The van der Waals surface area contributed by atoms with Gasteiger partial charge in [0.2, 0.25) is 0 Å². The molecule has 0 saturated carbocycles. The number of ether oxygens (including phenoxy) is 1. The molecule has 1 aromatic carbocycles. The topological polar surface area (TPSA) is 75.6 Å². The lowest BCUT2D eigenvalue weighted by Crippen LogP contribution is -2.39. The van der Waals surface area contributed by atoms with E-state index in [4.69, 9.17) is 4.74 Å². The Morgan fingerprint density at radius 3 is 2.57 bits per heavy atom. The second-order valence-electron chi connectivity index (χ2n) is 6.29. The number of guanidine groups is 1. The smallest absolute Gasteiger partial charge is 0.350 e. The zero-order valence-electron chi connectivity index (χ0n) is 17.0. The Bertz CT molecular complexity index is 790. The first-order chi connectivity index (χ1) is 12.9. The van der Waals surface area contributed by atoms with Gasteiger partial charge in [-0.25, -0.2) is 9.78 Å². The third-order valence-electron chi connectivity index (χ3n) is 4.05. The Labute approximate surface area is 188 Å². The van der Waals surface area contributed by atoms with Crippen molar-refractivity contribution in [2.75, 3.05) is 20.2 Å². The number of aromatic nitrogens is 1. The van der Waals surface area contributed by atoms with Crippen LogP contribution < -0.4 is 10.6 Å². The van der Waals surface area contributed by atoms with Crippen molar-refractivity contribution in [3.05, 3.63) is 51.0 Å². The molecule has 0 aliphatic heterocycles. The van der Waals surface area contributed by atoms with Crippen LogP contribution in [0, 0.1) is 13.8 Å². The Morgan fingerprint density at radius 1 is 1.29 bits per heavy atom. The van der Waals surface area contributed by atoms with E-state index in [2.05, 4.69) is 51.8 Å². The summed E-state index contributed by atoms with van der Waals surface area (Å²) in [6.07, 6.45) is 0.915. The summed E-state index contributed by atoms with van der Waals surface area (Å²) < 4.78 is 5.08. The van der Waals surface area contributed by atoms with Gasteiger partial charge in [0.25, 0.3) is 0 Å². The summed E-state index contributed by atoms with van der Waals surface area (Å²) in [5.41, 5.74) is 3.24. The number of aliphatic imine (C=N–C) groups is 1. The van der Waals surface area contributed by atoms with Gasteiger partial charge in [0.05, 0.1) is 18.3 Å². The van der Waals surface area contributed by atoms with Gasteiger partial charge < -0.3 is 15.4 Å². The fraction of sp³-hybridized carbons (Fsp3) is 0.450. The quantitative estimate of drug-likeness (QED) is 0.252. The number of esters is 1. The molecule has 1 unspecified atom stereocenters. The monoisotopic (exact) mass is 516 g/mol. The maximum Gasteiger partial charge on any atom is 0.350 e. The molecule has 0 saturated heterocycles. The van der Waals surface area contributed by atoms with Gasteiger partial charge in [-0.2, -0.15) is 0 Å². The van der Waals surface area contributed by atoms with E-state index in [1.54, 1.807) is 14.0 Å². The zero-order chi connectivity index (χ0) is 19.8. The van der Waals surface area contributed by atoms with Gasteiger partial charge in [-0.15, -0.1) is 35.3 Å². The number of nitrogens with one attached hydrogen (secondary N) is 2. The predicted octanol–water partition coefficient (Wildman–Crippen LogP) is 4.02. The van der Waals surface area contributed by atoms with Gasteiger partial charge in [-0.05, 0) is 39.7 Å². The van der Waals surface area contributed by atoms with Crippen molar-refractivity contribution in [2.24, 2.45) is 4.99 Å². The molecule has 0 aliphatic rings. The average molecular weight is 516 g/mol. The zero-order valence-corrected chi connectivity index (χ0v) is 20.2. The number of hydrogen-bond donors (Lipinski definition) is 2. The number of benzene rings is 1. The number of carbonyl (C=O) groups excluding carboxylic acids is 1. The number of thiazole rings is 1. The van der Waals surface area contributed by atoms with Crippen LogP contribution in [0.15, 0.2) is 29.3 Å². The normalized spacial score (nSPS) is 12.1. The Balaban J connectivity index is 0.00000392. The Morgan fingerprint density at radius 2 is 1.96 bits per heavy atom. The number of aryl methyl sites for hydroxylation is 2. The van der Waals surface area contributed by atoms with Gasteiger partial charge in [0.15, 0.2) is 5.96 Å². The van der Waals surface area contributed by atoms with Crippen LogP contribution in [-0.2, 0) is 11.2 Å². The third-order valence-corrected chi connectivity index (χ3v) is 5.37. The number of nitrogens with zero attached hydrogens (tertiary/aromatic N) is 2. The molecule has 0 radical (unpaired) electrons. The van der Waals surface area contributed by atoms with Crippen molar-refractivity contribution in [3.63, 3.8) is 0 Å². The minimum absolute atomic E-state index is 0. The molecule has 0 amide bonds. The van der Waals surface area contributed by atoms with Crippen molar-refractivity contribution in [1.82, 2.24) is 15.6 Å². The second-order valence-corrected chi connectivity index (χ2v) is 7.32. The molecule has 1 atom stereocenters. The van der Waals surface area contributed by atoms with Crippen molar-refractivity contribution >= 4 is 47.2 Å². The van der Waals surface area contributed by atoms with E-state index in [9.17, 15) is 4.79 Å². The fourth-order valence-corrected chi connectivity index (χ4v) is 3.49. The van der Waals surface area contributed by atoms with Crippen LogP contribution in [-0.4, -0.2) is 37.1 Å². The van der Waals surface area contributed by atoms with Crippen LogP contribution in [0.5, 0.6) is 0 Å². The first-order valence-corrected chi connectivity index (χ1v) is 9.93. The van der Waals surface area contributed by atoms with E-state index in [-0.39, 0.29) is 36.0 Å². The van der Waals surface area contributed by atoms with Gasteiger partial charge in [0, 0.05) is 13.6 Å². The summed E-state index contributed by atoms with van der Waals surface area (Å²) in [5.74, 6) is 0.395. The minimum atomic E-state index is -0.313. The first-order valence-electron chi connectivity index (χ1n) is 9.11. The molecule has 2 rings (SSSR count). The molecule has 0 fully saturated rings. The van der Waals surface area contributed by atoms with Crippen molar-refractivity contribution in [1.29, 1.82) is 0 Å². The molecular formula is C20H29IN4O2S. The molecule has 1 heterocycles. The average Bonchev–Trinajstić information content (AvgIpc) is 3.04. The maximum atomic E-state index is 12.0. The molecule has 8 heteroatoms. The molecule has 154 valence electrons. The van der Waals surface area contributed by atoms with E-state index in [1.807, 2.05) is 13.8 Å². The molecule has 1 aromatic heterocycles. The summed E-state index contributed by atoms with van der Waals surface area (Å²) in [6, 6.07) is 8.46. The van der Waals surface area contributed by atoms with Crippen LogP contribution in [0.1, 0.15) is 51.4 Å². The molecular weight excluding hydrogens is 487 g/mol. The van der Waals surface area contributed by atoms with Crippen molar-refractivity contribution < 1.29 is 9.53 Å². The predicted molar refractivity (Wildman–Crippen MR) is 126 cm³/mol. The highest BCUT2D eigenvalue weighted by molar-refractivity contribution is 14.0. The van der Waals surface area contributed by atoms with Gasteiger partial charge >= 0.3 is 5.97 Å². The molecule has 28 heavy (non-hydrogen) atoms. The highest BCUT2D eigenvalue weighted by Gasteiger charge is 2.20. The van der Waals surface area contributed by atoms with Crippen LogP contribution in [0.2, 0.25) is 0 Å². The van der Waals surface area contributed by atoms with Gasteiger partial charge in [0.1, 0.15) is 9.88 Å². The molecule has 0 bridgehead atoms.